The summed E-state index contributed by atoms with van der Waals surface area (Å²) in [6.07, 6.45) is 1.87. The number of nitrogens with one attached hydrogen (secondary N) is 1. The fourth-order valence-corrected chi connectivity index (χ4v) is 2.33. The van der Waals surface area contributed by atoms with E-state index in [4.69, 9.17) is 10.9 Å². The molecule has 0 spiro atoms. The monoisotopic (exact) mass is 357 g/mol. The Labute approximate surface area is 132 Å². The van der Waals surface area contributed by atoms with E-state index < -0.39 is 11.9 Å². The molecule has 21 heavy (non-hydrogen) atoms. The van der Waals surface area contributed by atoms with Crippen molar-refractivity contribution in [2.24, 2.45) is 10.9 Å². The van der Waals surface area contributed by atoms with E-state index in [1.165, 1.54) is 0 Å². The third-order valence-corrected chi connectivity index (χ3v) is 3.67. The lowest BCUT2D eigenvalue weighted by molar-refractivity contribution is -0.120. The van der Waals surface area contributed by atoms with Crippen LogP contribution in [0.15, 0.2) is 27.8 Å². The molecule has 0 aliphatic carbocycles. The Balaban J connectivity index is 2.63. The Hall–Kier alpha value is -1.60. The number of nitrogens with two attached hydrogens (primary N) is 1. The van der Waals surface area contributed by atoms with Crippen LogP contribution in [0.2, 0.25) is 0 Å². The van der Waals surface area contributed by atoms with Crippen molar-refractivity contribution in [2.75, 3.05) is 6.54 Å². The van der Waals surface area contributed by atoms with Gasteiger partial charge in [-0.25, -0.2) is 0 Å². The van der Waals surface area contributed by atoms with Crippen LogP contribution in [0, 0.1) is 0 Å². The van der Waals surface area contributed by atoms with E-state index in [0.29, 0.717) is 23.0 Å². The Morgan fingerprint density at radius 2 is 2.24 bits per heavy atom. The number of nitrogens with zero attached hydrogens (tertiary/aromatic N) is 1. The van der Waals surface area contributed by atoms with Crippen molar-refractivity contribution in [1.29, 1.82) is 0 Å². The molecule has 0 saturated heterocycles. The normalized spacial score (nSPS) is 13.1. The first-order chi connectivity index (χ1) is 9.97. The number of aromatic hydroxyl groups is 1. The maximum atomic E-state index is 11.3. The molecule has 0 fully saturated rings. The van der Waals surface area contributed by atoms with Crippen LogP contribution in [-0.2, 0) is 11.2 Å². The Morgan fingerprint density at radius 3 is 2.76 bits per heavy atom. The second-order valence-electron chi connectivity index (χ2n) is 4.75. The molecule has 0 aromatic heterocycles. The average Bonchev–Trinajstić information content (AvgIpc) is 2.45. The average molecular weight is 358 g/mol. The van der Waals surface area contributed by atoms with Gasteiger partial charge in [0.05, 0.1) is 16.2 Å². The lowest BCUT2D eigenvalue weighted by Crippen LogP contribution is -2.43. The molecule has 0 saturated carbocycles. The summed E-state index contributed by atoms with van der Waals surface area (Å²) in [5, 5.41) is 24.7. The van der Waals surface area contributed by atoms with Gasteiger partial charge in [0.1, 0.15) is 5.75 Å². The first-order valence-corrected chi connectivity index (χ1v) is 7.47. The zero-order valence-corrected chi connectivity index (χ0v) is 13.4. The number of hydrogen-bond donors (Lipinski definition) is 4. The highest BCUT2D eigenvalue weighted by Gasteiger charge is 2.14. The lowest BCUT2D eigenvalue weighted by atomic mass is 10.1. The van der Waals surface area contributed by atoms with Gasteiger partial charge in [-0.05, 0) is 40.0 Å². The van der Waals surface area contributed by atoms with Crippen LogP contribution in [0.1, 0.15) is 25.3 Å². The topological polar surface area (TPSA) is 108 Å². The summed E-state index contributed by atoms with van der Waals surface area (Å²) in [4.78, 5) is 11.3. The number of carbonyl (C=O) groups is 1. The van der Waals surface area contributed by atoms with Gasteiger partial charge in [-0.15, -0.1) is 0 Å². The van der Waals surface area contributed by atoms with Crippen molar-refractivity contribution in [2.45, 2.75) is 32.2 Å². The highest BCUT2D eigenvalue weighted by atomic mass is 79.9. The number of hydrogen-bond acceptors (Lipinski definition) is 5. The van der Waals surface area contributed by atoms with Crippen molar-refractivity contribution < 1.29 is 15.1 Å². The summed E-state index contributed by atoms with van der Waals surface area (Å²) in [5.41, 5.74) is 6.66. The Morgan fingerprint density at radius 1 is 1.52 bits per heavy atom. The number of carbonyl (C=O) groups excluding carboxylic acids is 1. The standard InChI is InChI=1S/C14H20BrN3O3/c1-2-3-12(14(16)20)17-8-10(18-21)6-9-4-5-13(19)11(15)7-9/h4-5,7,12,17,19,21H,2-3,6,8H2,1H3,(H2,16,20). The van der Waals surface area contributed by atoms with E-state index >= 15 is 0 Å². The molecule has 0 heterocycles. The molecule has 1 aromatic rings. The first-order valence-electron chi connectivity index (χ1n) is 6.67. The molecule has 1 rings (SSSR count). The highest BCUT2D eigenvalue weighted by Crippen LogP contribution is 2.24. The third kappa shape index (κ3) is 5.73. The molecule has 7 heteroatoms. The van der Waals surface area contributed by atoms with Gasteiger partial charge in [0.2, 0.25) is 5.91 Å². The summed E-state index contributed by atoms with van der Waals surface area (Å²) in [7, 11) is 0. The van der Waals surface area contributed by atoms with Crippen LogP contribution >= 0.6 is 15.9 Å². The summed E-state index contributed by atoms with van der Waals surface area (Å²) in [6, 6.07) is 4.62. The second-order valence-corrected chi connectivity index (χ2v) is 5.61. The molecule has 5 N–H and O–H groups in total. The van der Waals surface area contributed by atoms with Gasteiger partial charge in [0.25, 0.3) is 0 Å². The van der Waals surface area contributed by atoms with Gasteiger partial charge in [-0.2, -0.15) is 0 Å². The summed E-state index contributed by atoms with van der Waals surface area (Å²) in [6.45, 7) is 2.23. The molecule has 116 valence electrons. The summed E-state index contributed by atoms with van der Waals surface area (Å²) >= 11 is 3.23. The van der Waals surface area contributed by atoms with E-state index in [2.05, 4.69) is 26.4 Å². The number of phenolic OH excluding ortho intramolecular Hbond substituents is 1. The van der Waals surface area contributed by atoms with Crippen LogP contribution < -0.4 is 11.1 Å². The number of amides is 1. The molecule has 6 nitrogen and oxygen atoms in total. The van der Waals surface area contributed by atoms with E-state index in [-0.39, 0.29) is 12.3 Å². The van der Waals surface area contributed by atoms with Gasteiger partial charge < -0.3 is 21.4 Å². The van der Waals surface area contributed by atoms with Gasteiger partial charge >= 0.3 is 0 Å². The van der Waals surface area contributed by atoms with Crippen LogP contribution in [0.25, 0.3) is 0 Å². The van der Waals surface area contributed by atoms with Gasteiger partial charge in [0, 0.05) is 13.0 Å². The second kappa shape index (κ2) is 8.63. The largest absolute Gasteiger partial charge is 0.507 e. The van der Waals surface area contributed by atoms with Crippen molar-refractivity contribution >= 4 is 27.5 Å². The SMILES string of the molecule is CCCC(NCC(Cc1ccc(O)c(Br)c1)=NO)C(N)=O. The van der Waals surface area contributed by atoms with Crippen molar-refractivity contribution in [3.63, 3.8) is 0 Å². The van der Waals surface area contributed by atoms with Crippen LogP contribution in [-0.4, -0.2) is 34.5 Å². The van der Waals surface area contributed by atoms with Gasteiger partial charge in [0.15, 0.2) is 0 Å². The van der Waals surface area contributed by atoms with E-state index in [9.17, 15) is 9.90 Å². The minimum absolute atomic E-state index is 0.149. The molecule has 0 aliphatic rings. The van der Waals surface area contributed by atoms with Gasteiger partial charge in [-0.3, -0.25) is 4.79 Å². The Bertz CT molecular complexity index is 520. The zero-order valence-electron chi connectivity index (χ0n) is 11.8. The quantitative estimate of drug-likeness (QED) is 0.323. The number of rotatable bonds is 8. The minimum atomic E-state index is -0.432. The number of phenols is 1. The van der Waals surface area contributed by atoms with Crippen LogP contribution in [0.3, 0.4) is 0 Å². The molecule has 0 radical (unpaired) electrons. The van der Waals surface area contributed by atoms with E-state index in [1.54, 1.807) is 18.2 Å². The number of primary amides is 1. The molecule has 0 aliphatic heterocycles. The molecule has 0 bridgehead atoms. The minimum Gasteiger partial charge on any atom is -0.507 e. The van der Waals surface area contributed by atoms with Crippen molar-refractivity contribution in [3.05, 3.63) is 28.2 Å². The van der Waals surface area contributed by atoms with Crippen LogP contribution in [0.4, 0.5) is 0 Å². The highest BCUT2D eigenvalue weighted by molar-refractivity contribution is 9.10. The zero-order chi connectivity index (χ0) is 15.8. The van der Waals surface area contributed by atoms with Crippen LogP contribution in [0.5, 0.6) is 5.75 Å². The molecule has 1 amide bonds. The van der Waals surface area contributed by atoms with Crippen molar-refractivity contribution in [1.82, 2.24) is 5.32 Å². The fraction of sp³-hybridized carbons (Fsp3) is 0.429. The smallest absolute Gasteiger partial charge is 0.234 e. The molecule has 1 unspecified atom stereocenters. The molecular weight excluding hydrogens is 338 g/mol. The van der Waals surface area contributed by atoms with Gasteiger partial charge in [-0.1, -0.05) is 24.6 Å². The maximum Gasteiger partial charge on any atom is 0.234 e. The fourth-order valence-electron chi connectivity index (χ4n) is 1.90. The maximum absolute atomic E-state index is 11.3. The number of benzene rings is 1. The molecular formula is C14H20BrN3O3. The summed E-state index contributed by atoms with van der Waals surface area (Å²) in [5.74, 6) is -0.266. The summed E-state index contributed by atoms with van der Waals surface area (Å²) < 4.78 is 0.575. The predicted molar refractivity (Wildman–Crippen MR) is 84.6 cm³/mol. The first kappa shape index (κ1) is 17.5. The lowest BCUT2D eigenvalue weighted by Gasteiger charge is -2.15. The molecule has 1 aromatic carbocycles. The van der Waals surface area contributed by atoms with E-state index in [1.807, 2.05) is 6.92 Å². The predicted octanol–water partition coefficient (Wildman–Crippen LogP) is 1.77. The number of oxime groups is 1. The molecule has 1 atom stereocenters. The third-order valence-electron chi connectivity index (χ3n) is 3.04. The van der Waals surface area contributed by atoms with Crippen molar-refractivity contribution in [3.8, 4) is 5.75 Å². The Kier molecular flexibility index (Phi) is 7.18. The number of halogens is 1. The van der Waals surface area contributed by atoms with E-state index in [0.717, 1.165) is 12.0 Å².